The molecular formula is C73H62O22. The summed E-state index contributed by atoms with van der Waals surface area (Å²) >= 11 is 0. The molecule has 22 heteroatoms. The zero-order valence-electron chi connectivity index (χ0n) is 51.2. The first-order valence-corrected chi connectivity index (χ1v) is 30.0. The van der Waals surface area contributed by atoms with E-state index < -0.39 is 138 Å². The fourth-order valence-electron chi connectivity index (χ4n) is 10.7. The van der Waals surface area contributed by atoms with Gasteiger partial charge in [-0.1, -0.05) is 133 Å². The molecule has 2 aliphatic heterocycles. The van der Waals surface area contributed by atoms with E-state index in [1.165, 1.54) is 85.8 Å². The topological polar surface area (TPSA) is 284 Å². The number of benzene rings is 8. The van der Waals surface area contributed by atoms with Crippen LogP contribution in [0.15, 0.2) is 222 Å². The maximum absolute atomic E-state index is 15.6. The van der Waals surface area contributed by atoms with Gasteiger partial charge in [-0.2, -0.15) is 0 Å². The van der Waals surface area contributed by atoms with Crippen molar-refractivity contribution in [3.63, 3.8) is 0 Å². The zero-order chi connectivity index (χ0) is 66.5. The number of aromatic hydroxyl groups is 2. The van der Waals surface area contributed by atoms with Crippen molar-refractivity contribution in [3.8, 4) is 40.1 Å². The molecule has 22 nitrogen and oxygen atoms in total. The molecule has 2 saturated heterocycles. The van der Waals surface area contributed by atoms with Crippen LogP contribution in [-0.4, -0.2) is 114 Å². The first-order chi connectivity index (χ1) is 46.0. The van der Waals surface area contributed by atoms with Gasteiger partial charge in [0.05, 0.1) is 28.4 Å². The van der Waals surface area contributed by atoms with Crippen molar-refractivity contribution < 1.29 is 100 Å². The van der Waals surface area contributed by atoms with E-state index in [4.69, 9.17) is 61.3 Å². The molecule has 2 N–H and O–H groups in total. The van der Waals surface area contributed by atoms with Crippen molar-refractivity contribution in [2.24, 2.45) is 0 Å². The van der Waals surface area contributed by atoms with Crippen LogP contribution in [0, 0.1) is 0 Å². The molecule has 11 rings (SSSR count). The summed E-state index contributed by atoms with van der Waals surface area (Å²) in [5.41, 5.74) is 0.220. The third-order valence-electron chi connectivity index (χ3n) is 15.2. The maximum Gasteiger partial charge on any atom is 0.338 e. The van der Waals surface area contributed by atoms with Crippen molar-refractivity contribution in [1.29, 1.82) is 0 Å². The van der Waals surface area contributed by atoms with Crippen LogP contribution >= 0.6 is 0 Å². The van der Waals surface area contributed by atoms with Gasteiger partial charge in [0.2, 0.25) is 17.5 Å². The number of fused-ring (bicyclic) bond motifs is 1. The van der Waals surface area contributed by atoms with Gasteiger partial charge in [-0.3, -0.25) is 14.4 Å². The van der Waals surface area contributed by atoms with E-state index >= 15 is 4.79 Å². The predicted octanol–water partition coefficient (Wildman–Crippen LogP) is 10.7. The lowest BCUT2D eigenvalue weighted by Gasteiger charge is -2.48. The van der Waals surface area contributed by atoms with Crippen molar-refractivity contribution >= 4 is 46.8 Å². The molecule has 0 radical (unpaired) electrons. The number of hydrogen-bond acceptors (Lipinski definition) is 22. The molecule has 0 aliphatic carbocycles. The van der Waals surface area contributed by atoms with Crippen molar-refractivity contribution in [1.82, 2.24) is 0 Å². The molecule has 10 atom stereocenters. The van der Waals surface area contributed by atoms with Crippen LogP contribution in [-0.2, 0) is 65.4 Å². The summed E-state index contributed by atoms with van der Waals surface area (Å²) in [4.78, 5) is 99.7. The summed E-state index contributed by atoms with van der Waals surface area (Å²) in [7, 11) is 0. The SMILES string of the molecule is CC(=O)OC[C@H]1O[C@@H](Oc2c(-c3ccc(OCc4ccccc4)c(O)c3)oc3cc(OCc4ccccc4)cc(O)c3c2=O)[C@H](O[C@@H]2O[C@@H](C)[C@H](OC(=O)c3ccccc3)[C@@H](OC(=O)c3ccccc3)[C@H]2OC(=O)c2ccccc2)[C@@H](OC(=O)c2ccccc2)[C@@H]1OC(C)=O. The monoisotopic (exact) mass is 1290 g/mol. The maximum atomic E-state index is 15.6. The fourth-order valence-corrected chi connectivity index (χ4v) is 10.7. The molecule has 486 valence electrons. The van der Waals surface area contributed by atoms with Gasteiger partial charge >= 0.3 is 35.8 Å². The summed E-state index contributed by atoms with van der Waals surface area (Å²) in [5, 5.41) is 23.1. The number of phenols is 2. The molecule has 2 fully saturated rings. The second-order valence-electron chi connectivity index (χ2n) is 21.9. The molecule has 2 aliphatic rings. The van der Waals surface area contributed by atoms with Crippen LogP contribution < -0.4 is 19.6 Å². The largest absolute Gasteiger partial charge is 0.507 e. The first-order valence-electron chi connectivity index (χ1n) is 30.0. The summed E-state index contributed by atoms with van der Waals surface area (Å²) in [5.74, 6) is -8.00. The molecule has 1 aromatic heterocycles. The van der Waals surface area contributed by atoms with Crippen LogP contribution in [0.2, 0.25) is 0 Å². The quantitative estimate of drug-likeness (QED) is 0.0471. The zero-order valence-corrected chi connectivity index (χ0v) is 51.2. The molecule has 0 saturated carbocycles. The van der Waals surface area contributed by atoms with Gasteiger partial charge in [-0.15, -0.1) is 0 Å². The molecule has 0 spiro atoms. The Morgan fingerprint density at radius 3 is 1.43 bits per heavy atom. The van der Waals surface area contributed by atoms with Gasteiger partial charge in [0.25, 0.3) is 0 Å². The molecule has 0 bridgehead atoms. The Kier molecular flexibility index (Phi) is 20.6. The minimum absolute atomic E-state index is 0.0171. The molecule has 3 heterocycles. The Balaban J connectivity index is 1.09. The van der Waals surface area contributed by atoms with E-state index in [1.54, 1.807) is 72.8 Å². The highest BCUT2D eigenvalue weighted by molar-refractivity contribution is 5.92. The fraction of sp³-hybridized carbons (Fsp3) is 0.219. The first kappa shape index (κ1) is 65.2. The van der Waals surface area contributed by atoms with Gasteiger partial charge in [-0.05, 0) is 84.8 Å². The smallest absolute Gasteiger partial charge is 0.338 e. The van der Waals surface area contributed by atoms with Gasteiger partial charge in [0, 0.05) is 31.5 Å². The molecule has 95 heavy (non-hydrogen) atoms. The van der Waals surface area contributed by atoms with Crippen LogP contribution in [0.3, 0.4) is 0 Å². The standard InChI is InChI=1S/C73H62O22/c1-42-60(90-68(79)47-26-14-6-15-27-47)64(91-69(80)48-28-16-7-17-29-48)66(93-71(82)50-32-20-9-21-33-50)72(86-42)95-67-65(92-70(81)49-30-18-8-19-31-49)62(87-44(3)75)57(41-83-43(2)74)89-73(67)94-63-59(78)58-54(77)37-52(84-39-45-22-10-4-11-23-45)38-56(58)88-61(63)51-34-35-55(53(76)36-51)85-40-46-24-12-5-13-25-46/h4-38,42,57,60,62,64-67,72-73,76-77H,39-41H2,1-3H3/t42-,57+,60-,62+,64+,65-,66+,67+,72-,73-/m0/s1. The van der Waals surface area contributed by atoms with E-state index in [1.807, 2.05) is 60.7 Å². The second kappa shape index (κ2) is 30.0. The number of esters is 6. The summed E-state index contributed by atoms with van der Waals surface area (Å²) in [6, 6.07) is 55.6. The average Bonchev–Trinajstić information content (AvgIpc) is 0.759. The highest BCUT2D eigenvalue weighted by Crippen LogP contribution is 2.42. The normalized spacial score (nSPS) is 20.6. The third kappa shape index (κ3) is 15.8. The summed E-state index contributed by atoms with van der Waals surface area (Å²) < 4.78 is 82.2. The van der Waals surface area contributed by atoms with Gasteiger partial charge in [0.1, 0.15) is 48.4 Å². The van der Waals surface area contributed by atoms with Crippen molar-refractivity contribution in [3.05, 3.63) is 256 Å². The van der Waals surface area contributed by atoms with Gasteiger partial charge in [-0.25, -0.2) is 19.2 Å². The number of carbonyl (C=O) groups excluding carboxylic acids is 6. The lowest BCUT2D eigenvalue weighted by Crippen LogP contribution is -2.67. The minimum Gasteiger partial charge on any atom is -0.507 e. The minimum atomic E-state index is -2.20. The number of rotatable bonds is 22. The van der Waals surface area contributed by atoms with Crippen molar-refractivity contribution in [2.45, 2.75) is 95.4 Å². The number of ether oxygens (including phenoxy) is 12. The van der Waals surface area contributed by atoms with Crippen molar-refractivity contribution in [2.75, 3.05) is 6.61 Å². The summed E-state index contributed by atoms with van der Waals surface area (Å²) in [6.07, 6.45) is -18.7. The van der Waals surface area contributed by atoms with E-state index in [2.05, 4.69) is 0 Å². The van der Waals surface area contributed by atoms with Crippen LogP contribution in [0.4, 0.5) is 0 Å². The summed E-state index contributed by atoms with van der Waals surface area (Å²) in [6.45, 7) is 2.90. The predicted molar refractivity (Wildman–Crippen MR) is 336 cm³/mol. The Morgan fingerprint density at radius 2 is 0.937 bits per heavy atom. The molecular weight excluding hydrogens is 1230 g/mol. The Hall–Kier alpha value is -11.3. The highest BCUT2D eigenvalue weighted by atomic mass is 16.8. The van der Waals surface area contributed by atoms with E-state index in [0.717, 1.165) is 25.0 Å². The molecule has 0 amide bonds. The number of carbonyl (C=O) groups is 6. The van der Waals surface area contributed by atoms with E-state index in [9.17, 15) is 39.0 Å². The van der Waals surface area contributed by atoms with Gasteiger partial charge < -0.3 is 71.5 Å². The molecule has 9 aromatic rings. The molecule has 0 unspecified atom stereocenters. The lowest BCUT2D eigenvalue weighted by atomic mass is 9.96. The van der Waals surface area contributed by atoms with E-state index in [0.29, 0.717) is 0 Å². The number of phenolic OH excluding ortho intramolecular Hbond substituents is 2. The molecule has 8 aromatic carbocycles. The lowest BCUT2D eigenvalue weighted by molar-refractivity contribution is -0.352. The highest BCUT2D eigenvalue weighted by Gasteiger charge is 2.58. The third-order valence-corrected chi connectivity index (χ3v) is 15.2. The Bertz CT molecular complexity index is 4230. The number of hydrogen-bond donors (Lipinski definition) is 2. The average molecular weight is 1290 g/mol. The Morgan fingerprint density at radius 1 is 0.463 bits per heavy atom. The Labute approximate surface area is 542 Å². The van der Waals surface area contributed by atoms with Crippen LogP contribution in [0.25, 0.3) is 22.3 Å². The second-order valence-corrected chi connectivity index (χ2v) is 21.9. The van der Waals surface area contributed by atoms with Crippen LogP contribution in [0.1, 0.15) is 73.3 Å². The van der Waals surface area contributed by atoms with E-state index in [-0.39, 0.29) is 58.1 Å². The van der Waals surface area contributed by atoms with Gasteiger partial charge in [0.15, 0.2) is 60.2 Å². The van der Waals surface area contributed by atoms with Crippen LogP contribution in [0.5, 0.6) is 28.7 Å².